The predicted molar refractivity (Wildman–Crippen MR) is 67.7 cm³/mol. The van der Waals surface area contributed by atoms with Crippen LogP contribution in [0.15, 0.2) is 23.8 Å². The van der Waals surface area contributed by atoms with Gasteiger partial charge < -0.3 is 0 Å². The lowest BCUT2D eigenvalue weighted by Gasteiger charge is -2.30. The standard InChI is InChI=1S/C10H10F6O6S2/c1-6-2-4-7(5-3-6)22-24(20,21)10(15,16)8(11,12)9(13,14)23(17,18)19/h2-4,7H,5H2,1H3,(H,17,18,19). The van der Waals surface area contributed by atoms with Crippen molar-refractivity contribution in [2.45, 2.75) is 35.9 Å². The van der Waals surface area contributed by atoms with Gasteiger partial charge in [0.1, 0.15) is 0 Å². The highest BCUT2D eigenvalue weighted by Crippen LogP contribution is 2.51. The Kier molecular flexibility index (Phi) is 5.23. The number of alkyl halides is 6. The topological polar surface area (TPSA) is 97.7 Å². The highest BCUT2D eigenvalue weighted by molar-refractivity contribution is 7.88. The van der Waals surface area contributed by atoms with Gasteiger partial charge in [0.15, 0.2) is 0 Å². The molecule has 0 spiro atoms. The lowest BCUT2D eigenvalue weighted by molar-refractivity contribution is -0.248. The molecule has 0 saturated carbocycles. The summed E-state index contributed by atoms with van der Waals surface area (Å²) in [6, 6.07) is 0. The molecule has 0 heterocycles. The molecule has 1 aliphatic rings. The van der Waals surface area contributed by atoms with Crippen LogP contribution in [0, 0.1) is 0 Å². The molecule has 0 aromatic rings. The lowest BCUT2D eigenvalue weighted by atomic mass is 10.1. The average molecular weight is 404 g/mol. The van der Waals surface area contributed by atoms with Gasteiger partial charge >= 0.3 is 36.7 Å². The molecule has 14 heteroatoms. The molecule has 0 aliphatic heterocycles. The van der Waals surface area contributed by atoms with E-state index in [1.165, 1.54) is 19.1 Å². The van der Waals surface area contributed by atoms with E-state index in [0.29, 0.717) is 5.57 Å². The van der Waals surface area contributed by atoms with Crippen molar-refractivity contribution in [3.05, 3.63) is 23.8 Å². The average Bonchev–Trinajstić information content (AvgIpc) is 2.39. The molecule has 0 fully saturated rings. The predicted octanol–water partition coefficient (Wildman–Crippen LogP) is 2.32. The second kappa shape index (κ2) is 6.00. The summed E-state index contributed by atoms with van der Waals surface area (Å²) in [5.41, 5.74) is 0.572. The third kappa shape index (κ3) is 3.32. The molecule has 0 amide bonds. The summed E-state index contributed by atoms with van der Waals surface area (Å²) in [5, 5.41) is -13.4. The first-order valence-electron chi connectivity index (χ1n) is 5.85. The van der Waals surface area contributed by atoms with Crippen LogP contribution in [-0.4, -0.2) is 43.9 Å². The Balaban J connectivity index is 3.24. The van der Waals surface area contributed by atoms with E-state index in [1.54, 1.807) is 0 Å². The first kappa shape index (κ1) is 20.9. The Bertz CT molecular complexity index is 768. The fourth-order valence-corrected chi connectivity index (χ4v) is 3.04. The van der Waals surface area contributed by atoms with Gasteiger partial charge in [0.2, 0.25) is 0 Å². The van der Waals surface area contributed by atoms with Gasteiger partial charge in [0.25, 0.3) is 0 Å². The van der Waals surface area contributed by atoms with E-state index in [0.717, 1.165) is 6.08 Å². The van der Waals surface area contributed by atoms with Crippen LogP contribution >= 0.6 is 0 Å². The van der Waals surface area contributed by atoms with Crippen LogP contribution in [0.4, 0.5) is 26.3 Å². The van der Waals surface area contributed by atoms with Gasteiger partial charge in [-0.15, -0.1) is 0 Å². The number of hydrogen-bond acceptors (Lipinski definition) is 5. The van der Waals surface area contributed by atoms with Crippen LogP contribution in [0.5, 0.6) is 0 Å². The normalized spacial score (nSPS) is 20.8. The number of rotatable bonds is 6. The zero-order valence-corrected chi connectivity index (χ0v) is 13.2. The molecule has 24 heavy (non-hydrogen) atoms. The summed E-state index contributed by atoms with van der Waals surface area (Å²) in [5.74, 6) is -7.00. The zero-order chi connectivity index (χ0) is 19.2. The van der Waals surface area contributed by atoms with Crippen LogP contribution in [0.2, 0.25) is 0 Å². The van der Waals surface area contributed by atoms with Crippen molar-refractivity contribution < 1.29 is 51.9 Å². The summed E-state index contributed by atoms with van der Waals surface area (Å²) in [4.78, 5) is 0. The maximum atomic E-state index is 13.5. The van der Waals surface area contributed by atoms with Gasteiger partial charge in [0, 0.05) is 0 Å². The van der Waals surface area contributed by atoms with Crippen molar-refractivity contribution in [2.75, 3.05) is 0 Å². The van der Waals surface area contributed by atoms with Crippen LogP contribution in [0.25, 0.3) is 0 Å². The van der Waals surface area contributed by atoms with E-state index in [9.17, 15) is 43.2 Å². The molecule has 0 radical (unpaired) electrons. The molecule has 0 aromatic heterocycles. The molecule has 1 atom stereocenters. The second-order valence-corrected chi connectivity index (χ2v) is 7.79. The van der Waals surface area contributed by atoms with E-state index in [2.05, 4.69) is 4.18 Å². The van der Waals surface area contributed by atoms with Gasteiger partial charge in [-0.05, 0) is 13.3 Å². The van der Waals surface area contributed by atoms with E-state index in [4.69, 9.17) is 4.55 Å². The van der Waals surface area contributed by atoms with Gasteiger partial charge in [-0.25, -0.2) is 0 Å². The molecule has 6 nitrogen and oxygen atoms in total. The first-order valence-corrected chi connectivity index (χ1v) is 8.70. The Hall–Kier alpha value is -1.12. The zero-order valence-electron chi connectivity index (χ0n) is 11.6. The molecule has 0 bridgehead atoms. The summed E-state index contributed by atoms with van der Waals surface area (Å²) in [6.45, 7) is 1.54. The number of hydrogen-bond donors (Lipinski definition) is 1. The number of allylic oxidation sites excluding steroid dienone is 2. The van der Waals surface area contributed by atoms with Crippen LogP contribution < -0.4 is 0 Å². The van der Waals surface area contributed by atoms with Crippen molar-refractivity contribution in [2.24, 2.45) is 0 Å². The lowest BCUT2D eigenvalue weighted by Crippen LogP contribution is -2.61. The van der Waals surface area contributed by atoms with E-state index < -0.39 is 42.8 Å². The maximum Gasteiger partial charge on any atom is 0.439 e. The van der Waals surface area contributed by atoms with Crippen molar-refractivity contribution in [1.29, 1.82) is 0 Å². The van der Waals surface area contributed by atoms with Gasteiger partial charge in [-0.2, -0.15) is 43.2 Å². The summed E-state index contributed by atoms with van der Waals surface area (Å²) >= 11 is 0. The smallest absolute Gasteiger partial charge is 0.281 e. The molecular weight excluding hydrogens is 394 g/mol. The van der Waals surface area contributed by atoms with Crippen LogP contribution in [-0.2, 0) is 24.4 Å². The van der Waals surface area contributed by atoms with E-state index in [-0.39, 0.29) is 6.42 Å². The van der Waals surface area contributed by atoms with Crippen molar-refractivity contribution in [1.82, 2.24) is 0 Å². The quantitative estimate of drug-likeness (QED) is 0.415. The Labute approximate surface area is 132 Å². The molecule has 1 aliphatic carbocycles. The molecule has 0 saturated heterocycles. The van der Waals surface area contributed by atoms with Gasteiger partial charge in [-0.3, -0.25) is 8.74 Å². The monoisotopic (exact) mass is 404 g/mol. The SMILES string of the molecule is CC1=CCC(OS(=O)(=O)C(F)(F)C(F)(F)C(F)(F)S(=O)(=O)O)C=C1. The molecule has 1 rings (SSSR count). The second-order valence-electron chi connectivity index (χ2n) is 4.71. The summed E-state index contributed by atoms with van der Waals surface area (Å²) in [7, 11) is -13.7. The number of halogens is 6. The van der Waals surface area contributed by atoms with Gasteiger partial charge in [-0.1, -0.05) is 23.8 Å². The fourth-order valence-electron chi connectivity index (χ4n) is 1.49. The minimum Gasteiger partial charge on any atom is -0.281 e. The molecular formula is C10H10F6O6S2. The van der Waals surface area contributed by atoms with E-state index >= 15 is 0 Å². The first-order chi connectivity index (χ1) is 10.5. The molecule has 1 N–H and O–H groups in total. The summed E-state index contributed by atoms with van der Waals surface area (Å²) < 4.78 is 134. The molecule has 0 aromatic carbocycles. The molecule has 140 valence electrons. The van der Waals surface area contributed by atoms with E-state index in [1.807, 2.05) is 0 Å². The Morgan fingerprint density at radius 1 is 1.08 bits per heavy atom. The van der Waals surface area contributed by atoms with Crippen LogP contribution in [0.1, 0.15) is 13.3 Å². The molecule has 1 unspecified atom stereocenters. The largest absolute Gasteiger partial charge is 0.439 e. The van der Waals surface area contributed by atoms with Crippen molar-refractivity contribution >= 4 is 20.2 Å². The van der Waals surface area contributed by atoms with Crippen molar-refractivity contribution in [3.8, 4) is 0 Å². The van der Waals surface area contributed by atoms with Gasteiger partial charge in [0.05, 0.1) is 6.10 Å². The highest BCUT2D eigenvalue weighted by Gasteiger charge is 2.82. The third-order valence-electron chi connectivity index (χ3n) is 2.87. The third-order valence-corrected chi connectivity index (χ3v) is 5.15. The van der Waals surface area contributed by atoms with Crippen molar-refractivity contribution in [3.63, 3.8) is 0 Å². The Morgan fingerprint density at radius 3 is 1.96 bits per heavy atom. The summed E-state index contributed by atoms with van der Waals surface area (Å²) in [6.07, 6.45) is 1.38. The van der Waals surface area contributed by atoms with Crippen LogP contribution in [0.3, 0.4) is 0 Å². The fraction of sp³-hybridized carbons (Fsp3) is 0.600. The minimum absolute atomic E-state index is 0.335. The Morgan fingerprint density at radius 2 is 1.58 bits per heavy atom. The highest BCUT2D eigenvalue weighted by atomic mass is 32.2. The minimum atomic E-state index is -7.05. The maximum absolute atomic E-state index is 13.5.